The number of hydrogen-bond donors (Lipinski definition) is 1. The summed E-state index contributed by atoms with van der Waals surface area (Å²) in [6, 6.07) is 12.7. The predicted molar refractivity (Wildman–Crippen MR) is 97.3 cm³/mol. The maximum Gasteiger partial charge on any atom is 0.338 e. The number of rotatable bonds is 6. The highest BCUT2D eigenvalue weighted by atomic mass is 16.5. The van der Waals surface area contributed by atoms with Crippen LogP contribution in [0.25, 0.3) is 0 Å². The van der Waals surface area contributed by atoms with Crippen molar-refractivity contribution >= 4 is 23.5 Å². The van der Waals surface area contributed by atoms with E-state index in [1.165, 1.54) is 13.2 Å². The third-order valence-electron chi connectivity index (χ3n) is 3.50. The van der Waals surface area contributed by atoms with Gasteiger partial charge in [0.05, 0.1) is 30.4 Å². The predicted octanol–water partition coefficient (Wildman–Crippen LogP) is 3.54. The number of nitrogens with one attached hydrogen (secondary N) is 1. The molecule has 0 bridgehead atoms. The summed E-state index contributed by atoms with van der Waals surface area (Å²) in [4.78, 5) is 36.1. The lowest BCUT2D eigenvalue weighted by molar-refractivity contribution is 0.0458. The van der Waals surface area contributed by atoms with Gasteiger partial charge >= 0.3 is 11.9 Å². The van der Waals surface area contributed by atoms with E-state index in [1.807, 2.05) is 13.8 Å². The van der Waals surface area contributed by atoms with E-state index in [0.717, 1.165) is 0 Å². The first-order valence-electron chi connectivity index (χ1n) is 8.18. The zero-order chi connectivity index (χ0) is 19.1. The average molecular weight is 355 g/mol. The molecular formula is C20H21NO5. The Balaban J connectivity index is 2.09. The standard InChI is InChI=1S/C20H21NO5/c1-13(2)12-26-19(23)14-8-10-15(11-9-14)21-18(22)16-6-4-5-7-17(16)20(24)25-3/h4-11,13H,12H2,1-3H3,(H,21,22). The van der Waals surface area contributed by atoms with E-state index in [1.54, 1.807) is 42.5 Å². The van der Waals surface area contributed by atoms with Gasteiger partial charge < -0.3 is 14.8 Å². The third-order valence-corrected chi connectivity index (χ3v) is 3.50. The molecule has 0 atom stereocenters. The molecule has 6 heteroatoms. The maximum absolute atomic E-state index is 12.4. The van der Waals surface area contributed by atoms with Gasteiger partial charge in [0, 0.05) is 5.69 Å². The van der Waals surface area contributed by atoms with Gasteiger partial charge in [-0.2, -0.15) is 0 Å². The molecule has 0 fully saturated rings. The molecule has 136 valence electrons. The Hall–Kier alpha value is -3.15. The summed E-state index contributed by atoms with van der Waals surface area (Å²) in [6.07, 6.45) is 0. The number of anilines is 1. The number of methoxy groups -OCH3 is 1. The molecule has 1 amide bonds. The van der Waals surface area contributed by atoms with Gasteiger partial charge in [0.2, 0.25) is 0 Å². The summed E-state index contributed by atoms with van der Waals surface area (Å²) < 4.78 is 9.85. The first kappa shape index (κ1) is 19.2. The largest absolute Gasteiger partial charge is 0.465 e. The molecule has 0 unspecified atom stereocenters. The van der Waals surface area contributed by atoms with Crippen molar-refractivity contribution in [2.75, 3.05) is 19.0 Å². The minimum absolute atomic E-state index is 0.182. The lowest BCUT2D eigenvalue weighted by Crippen LogP contribution is -2.17. The number of carbonyl (C=O) groups is 3. The van der Waals surface area contributed by atoms with E-state index in [4.69, 9.17) is 4.74 Å². The first-order chi connectivity index (χ1) is 12.4. The fourth-order valence-corrected chi connectivity index (χ4v) is 2.18. The molecule has 2 aromatic carbocycles. The minimum atomic E-state index is -0.584. The van der Waals surface area contributed by atoms with Crippen molar-refractivity contribution in [1.29, 1.82) is 0 Å². The van der Waals surface area contributed by atoms with E-state index in [9.17, 15) is 14.4 Å². The van der Waals surface area contributed by atoms with Crippen LogP contribution in [0.15, 0.2) is 48.5 Å². The molecule has 0 heterocycles. The Kier molecular flexibility index (Phi) is 6.49. The molecule has 0 aliphatic carbocycles. The number of carbonyl (C=O) groups excluding carboxylic acids is 3. The fraction of sp³-hybridized carbons (Fsp3) is 0.250. The Bertz CT molecular complexity index is 796. The number of benzene rings is 2. The van der Waals surface area contributed by atoms with Crippen LogP contribution in [0.5, 0.6) is 0 Å². The van der Waals surface area contributed by atoms with Crippen LogP contribution in [0.4, 0.5) is 5.69 Å². The van der Waals surface area contributed by atoms with Crippen molar-refractivity contribution in [3.8, 4) is 0 Å². The van der Waals surface area contributed by atoms with E-state index in [2.05, 4.69) is 10.1 Å². The van der Waals surface area contributed by atoms with E-state index >= 15 is 0 Å². The van der Waals surface area contributed by atoms with E-state index in [0.29, 0.717) is 17.9 Å². The van der Waals surface area contributed by atoms with Crippen LogP contribution in [-0.4, -0.2) is 31.6 Å². The molecule has 0 saturated carbocycles. The highest BCUT2D eigenvalue weighted by Crippen LogP contribution is 2.15. The summed E-state index contributed by atoms with van der Waals surface area (Å²) in [5, 5.41) is 2.70. The summed E-state index contributed by atoms with van der Waals surface area (Å²) in [5.74, 6) is -1.18. The van der Waals surface area contributed by atoms with Crippen molar-refractivity contribution in [3.05, 3.63) is 65.2 Å². The number of esters is 2. The van der Waals surface area contributed by atoms with Crippen molar-refractivity contribution in [2.45, 2.75) is 13.8 Å². The van der Waals surface area contributed by atoms with Gasteiger partial charge in [-0.1, -0.05) is 26.0 Å². The number of ether oxygens (including phenoxy) is 2. The lowest BCUT2D eigenvalue weighted by Gasteiger charge is -2.10. The Morgan fingerprint density at radius 2 is 1.54 bits per heavy atom. The topological polar surface area (TPSA) is 81.7 Å². The SMILES string of the molecule is COC(=O)c1ccccc1C(=O)Nc1ccc(C(=O)OCC(C)C)cc1. The molecule has 2 rings (SSSR count). The molecule has 2 aromatic rings. The highest BCUT2D eigenvalue weighted by molar-refractivity contribution is 6.11. The average Bonchev–Trinajstić information content (AvgIpc) is 2.66. The van der Waals surface area contributed by atoms with Gasteiger partial charge in [0.1, 0.15) is 0 Å². The lowest BCUT2D eigenvalue weighted by atomic mass is 10.1. The van der Waals surface area contributed by atoms with Crippen molar-refractivity contribution < 1.29 is 23.9 Å². The molecule has 0 aliphatic heterocycles. The fourth-order valence-electron chi connectivity index (χ4n) is 2.18. The van der Waals surface area contributed by atoms with Crippen molar-refractivity contribution in [2.24, 2.45) is 5.92 Å². The van der Waals surface area contributed by atoms with Crippen LogP contribution in [0.1, 0.15) is 44.9 Å². The van der Waals surface area contributed by atoms with Gasteiger partial charge in [-0.15, -0.1) is 0 Å². The van der Waals surface area contributed by atoms with Crippen molar-refractivity contribution in [1.82, 2.24) is 0 Å². The van der Waals surface area contributed by atoms with Crippen molar-refractivity contribution in [3.63, 3.8) is 0 Å². The zero-order valence-corrected chi connectivity index (χ0v) is 14.9. The molecule has 0 spiro atoms. The molecule has 1 N–H and O–H groups in total. The van der Waals surface area contributed by atoms with Gasteiger partial charge in [0.25, 0.3) is 5.91 Å². The molecule has 0 radical (unpaired) electrons. The maximum atomic E-state index is 12.4. The number of amides is 1. The van der Waals surface area contributed by atoms with Gasteiger partial charge in [-0.05, 0) is 42.3 Å². The second-order valence-corrected chi connectivity index (χ2v) is 6.06. The van der Waals surface area contributed by atoms with E-state index < -0.39 is 17.8 Å². The van der Waals surface area contributed by atoms with Crippen LogP contribution in [0.2, 0.25) is 0 Å². The van der Waals surface area contributed by atoms with Crippen LogP contribution < -0.4 is 5.32 Å². The quantitative estimate of drug-likeness (QED) is 0.802. The smallest absolute Gasteiger partial charge is 0.338 e. The Morgan fingerprint density at radius 3 is 2.12 bits per heavy atom. The second kappa shape index (κ2) is 8.80. The van der Waals surface area contributed by atoms with E-state index in [-0.39, 0.29) is 17.0 Å². The second-order valence-electron chi connectivity index (χ2n) is 6.06. The Morgan fingerprint density at radius 1 is 0.923 bits per heavy atom. The molecule has 6 nitrogen and oxygen atoms in total. The molecule has 26 heavy (non-hydrogen) atoms. The zero-order valence-electron chi connectivity index (χ0n) is 14.9. The Labute approximate surface area is 152 Å². The summed E-state index contributed by atoms with van der Waals surface area (Å²) >= 11 is 0. The van der Waals surface area contributed by atoms with Crippen LogP contribution in [-0.2, 0) is 9.47 Å². The third kappa shape index (κ3) is 4.92. The summed E-state index contributed by atoms with van der Waals surface area (Å²) in [6.45, 7) is 4.26. The first-order valence-corrected chi connectivity index (χ1v) is 8.18. The van der Waals surface area contributed by atoms with Gasteiger partial charge in [0.15, 0.2) is 0 Å². The minimum Gasteiger partial charge on any atom is -0.465 e. The molecule has 0 saturated heterocycles. The highest BCUT2D eigenvalue weighted by Gasteiger charge is 2.17. The van der Waals surface area contributed by atoms with Crippen LogP contribution >= 0.6 is 0 Å². The normalized spacial score (nSPS) is 10.3. The van der Waals surface area contributed by atoms with Gasteiger partial charge in [-0.25, -0.2) is 9.59 Å². The van der Waals surface area contributed by atoms with Crippen LogP contribution in [0, 0.1) is 5.92 Å². The molecule has 0 aromatic heterocycles. The van der Waals surface area contributed by atoms with Crippen LogP contribution in [0.3, 0.4) is 0 Å². The van der Waals surface area contributed by atoms with Gasteiger partial charge in [-0.3, -0.25) is 4.79 Å². The molecule has 0 aliphatic rings. The number of hydrogen-bond acceptors (Lipinski definition) is 5. The molecular weight excluding hydrogens is 334 g/mol. The monoisotopic (exact) mass is 355 g/mol. The summed E-state index contributed by atoms with van der Waals surface area (Å²) in [5.41, 5.74) is 1.29. The summed E-state index contributed by atoms with van der Waals surface area (Å²) in [7, 11) is 1.26.